The Kier molecular flexibility index (Phi) is 7.81. The molecule has 0 unspecified atom stereocenters. The van der Waals surface area contributed by atoms with Crippen molar-refractivity contribution >= 4 is 11.9 Å². The number of benzene rings is 1. The molecule has 0 saturated heterocycles. The van der Waals surface area contributed by atoms with Crippen molar-refractivity contribution in [1.29, 1.82) is 0 Å². The third-order valence-electron chi connectivity index (χ3n) is 3.13. The molecule has 1 aromatic carbocycles. The average Bonchev–Trinajstić information content (AvgIpc) is 2.56. The van der Waals surface area contributed by atoms with Gasteiger partial charge in [-0.15, -0.1) is 0 Å². The van der Waals surface area contributed by atoms with Gasteiger partial charge in [-0.05, 0) is 25.0 Å². The first kappa shape index (κ1) is 17.8. The van der Waals surface area contributed by atoms with Crippen molar-refractivity contribution in [1.82, 2.24) is 5.32 Å². The molecule has 0 fully saturated rings. The minimum Gasteiger partial charge on any atom is -0.493 e. The second-order valence-electron chi connectivity index (χ2n) is 4.68. The monoisotopic (exact) mass is 309 g/mol. The minimum atomic E-state index is -0.606. The van der Waals surface area contributed by atoms with E-state index in [2.05, 4.69) is 5.32 Å². The largest absolute Gasteiger partial charge is 0.493 e. The van der Waals surface area contributed by atoms with Crippen LogP contribution in [-0.4, -0.2) is 38.2 Å². The Morgan fingerprint density at radius 3 is 2.32 bits per heavy atom. The summed E-state index contributed by atoms with van der Waals surface area (Å²) < 4.78 is 15.3. The summed E-state index contributed by atoms with van der Waals surface area (Å²) in [4.78, 5) is 23.2. The first-order valence-corrected chi connectivity index (χ1v) is 7.31. The maximum Gasteiger partial charge on any atom is 0.344 e. The minimum absolute atomic E-state index is 0.107. The zero-order chi connectivity index (χ0) is 16.4. The van der Waals surface area contributed by atoms with Gasteiger partial charge in [0.25, 0.3) is 5.91 Å². The molecule has 0 aliphatic heterocycles. The van der Waals surface area contributed by atoms with E-state index in [9.17, 15) is 9.59 Å². The van der Waals surface area contributed by atoms with Crippen LogP contribution in [0.2, 0.25) is 0 Å². The van der Waals surface area contributed by atoms with Gasteiger partial charge in [-0.25, -0.2) is 4.79 Å². The van der Waals surface area contributed by atoms with Gasteiger partial charge in [-0.2, -0.15) is 0 Å². The second-order valence-corrected chi connectivity index (χ2v) is 4.68. The lowest BCUT2D eigenvalue weighted by Gasteiger charge is -2.14. The van der Waals surface area contributed by atoms with Crippen molar-refractivity contribution in [2.75, 3.05) is 20.3 Å². The van der Waals surface area contributed by atoms with E-state index >= 15 is 0 Å². The van der Waals surface area contributed by atoms with Gasteiger partial charge in [-0.1, -0.05) is 26.0 Å². The lowest BCUT2D eigenvalue weighted by Crippen LogP contribution is -2.37. The van der Waals surface area contributed by atoms with Crippen LogP contribution in [0.4, 0.5) is 0 Å². The van der Waals surface area contributed by atoms with Crippen LogP contribution >= 0.6 is 0 Å². The number of amides is 1. The maximum atomic E-state index is 11.6. The molecule has 0 aliphatic rings. The molecular formula is C16H23NO5. The summed E-state index contributed by atoms with van der Waals surface area (Å²) >= 11 is 0. The zero-order valence-electron chi connectivity index (χ0n) is 13.3. The Morgan fingerprint density at radius 2 is 1.73 bits per heavy atom. The molecule has 0 saturated carbocycles. The number of rotatable bonds is 9. The van der Waals surface area contributed by atoms with Crippen LogP contribution in [0.25, 0.3) is 0 Å². The van der Waals surface area contributed by atoms with Gasteiger partial charge < -0.3 is 19.5 Å². The summed E-state index contributed by atoms with van der Waals surface area (Å²) in [6, 6.07) is 7.09. The van der Waals surface area contributed by atoms with Crippen LogP contribution in [0.5, 0.6) is 11.5 Å². The van der Waals surface area contributed by atoms with Gasteiger partial charge in [0.15, 0.2) is 24.7 Å². The number of carbonyl (C=O) groups is 2. The van der Waals surface area contributed by atoms with E-state index in [1.807, 2.05) is 13.8 Å². The molecule has 0 aromatic heterocycles. The third kappa shape index (κ3) is 6.03. The molecule has 6 nitrogen and oxygen atoms in total. The highest BCUT2D eigenvalue weighted by atomic mass is 16.6. The van der Waals surface area contributed by atoms with E-state index in [1.165, 1.54) is 7.11 Å². The smallest absolute Gasteiger partial charge is 0.344 e. The fraction of sp³-hybridized carbons (Fsp3) is 0.500. The highest BCUT2D eigenvalue weighted by Gasteiger charge is 2.12. The van der Waals surface area contributed by atoms with Crippen molar-refractivity contribution in [2.45, 2.75) is 32.7 Å². The van der Waals surface area contributed by atoms with E-state index in [0.717, 1.165) is 12.8 Å². The standard InChI is InChI=1S/C16H23NO5/c1-4-12(5-2)17-15(18)10-22-16(19)11-21-14-9-7-6-8-13(14)20-3/h6-9,12H,4-5,10-11H2,1-3H3,(H,17,18). The molecular weight excluding hydrogens is 286 g/mol. The Labute approximate surface area is 130 Å². The molecule has 0 aliphatic carbocycles. The van der Waals surface area contributed by atoms with Crippen molar-refractivity contribution in [3.05, 3.63) is 24.3 Å². The molecule has 22 heavy (non-hydrogen) atoms. The maximum absolute atomic E-state index is 11.6. The number of para-hydroxylation sites is 2. The van der Waals surface area contributed by atoms with Crippen molar-refractivity contribution < 1.29 is 23.8 Å². The fourth-order valence-electron chi connectivity index (χ4n) is 1.82. The first-order valence-electron chi connectivity index (χ1n) is 7.31. The highest BCUT2D eigenvalue weighted by Crippen LogP contribution is 2.25. The summed E-state index contributed by atoms with van der Waals surface area (Å²) in [7, 11) is 1.52. The van der Waals surface area contributed by atoms with Gasteiger partial charge in [0, 0.05) is 6.04 Å². The van der Waals surface area contributed by atoms with Gasteiger partial charge in [0.2, 0.25) is 0 Å². The molecule has 0 radical (unpaired) electrons. The predicted octanol–water partition coefficient (Wildman–Crippen LogP) is 1.92. The van der Waals surface area contributed by atoms with Gasteiger partial charge in [-0.3, -0.25) is 4.79 Å². The molecule has 1 N–H and O–H groups in total. The van der Waals surface area contributed by atoms with Gasteiger partial charge in [0.05, 0.1) is 7.11 Å². The molecule has 0 atom stereocenters. The van der Waals surface area contributed by atoms with Crippen molar-refractivity contribution in [2.24, 2.45) is 0 Å². The molecule has 6 heteroatoms. The summed E-state index contributed by atoms with van der Waals surface area (Å²) in [5.41, 5.74) is 0. The summed E-state index contributed by atoms with van der Waals surface area (Å²) in [5, 5.41) is 2.79. The SMILES string of the molecule is CCC(CC)NC(=O)COC(=O)COc1ccccc1OC. The van der Waals surface area contributed by atoms with E-state index < -0.39 is 5.97 Å². The number of nitrogens with one attached hydrogen (secondary N) is 1. The lowest BCUT2D eigenvalue weighted by atomic mass is 10.2. The highest BCUT2D eigenvalue weighted by molar-refractivity contribution is 5.81. The first-order chi connectivity index (χ1) is 10.6. The van der Waals surface area contributed by atoms with E-state index in [-0.39, 0.29) is 25.2 Å². The van der Waals surface area contributed by atoms with Gasteiger partial charge in [0.1, 0.15) is 0 Å². The topological polar surface area (TPSA) is 73.9 Å². The molecule has 1 rings (SSSR count). The number of ether oxygens (including phenoxy) is 3. The number of carbonyl (C=O) groups excluding carboxylic acids is 2. The zero-order valence-corrected chi connectivity index (χ0v) is 13.3. The third-order valence-corrected chi connectivity index (χ3v) is 3.13. The Balaban J connectivity index is 2.33. The van der Waals surface area contributed by atoms with Crippen molar-refractivity contribution in [3.63, 3.8) is 0 Å². The predicted molar refractivity (Wildman–Crippen MR) is 82.0 cm³/mol. The number of methoxy groups -OCH3 is 1. The van der Waals surface area contributed by atoms with Gasteiger partial charge >= 0.3 is 5.97 Å². The summed E-state index contributed by atoms with van der Waals surface area (Å²) in [6.45, 7) is 3.40. The normalized spacial score (nSPS) is 10.2. The second kappa shape index (κ2) is 9.65. The number of hydrogen-bond acceptors (Lipinski definition) is 5. The molecule has 0 spiro atoms. The number of esters is 1. The van der Waals surface area contributed by atoms with Crippen LogP contribution in [0.3, 0.4) is 0 Å². The Morgan fingerprint density at radius 1 is 1.09 bits per heavy atom. The van der Waals surface area contributed by atoms with Crippen LogP contribution < -0.4 is 14.8 Å². The van der Waals surface area contributed by atoms with E-state index in [1.54, 1.807) is 24.3 Å². The lowest BCUT2D eigenvalue weighted by molar-refractivity contribution is -0.150. The average molecular weight is 309 g/mol. The van der Waals surface area contributed by atoms with Crippen molar-refractivity contribution in [3.8, 4) is 11.5 Å². The van der Waals surface area contributed by atoms with Crippen LogP contribution in [0, 0.1) is 0 Å². The number of hydrogen-bond donors (Lipinski definition) is 1. The van der Waals surface area contributed by atoms with Crippen LogP contribution in [-0.2, 0) is 14.3 Å². The molecule has 122 valence electrons. The molecule has 1 aromatic rings. The van der Waals surface area contributed by atoms with Crippen LogP contribution in [0.15, 0.2) is 24.3 Å². The van der Waals surface area contributed by atoms with E-state index in [4.69, 9.17) is 14.2 Å². The molecule has 0 heterocycles. The summed E-state index contributed by atoms with van der Waals surface area (Å²) in [5.74, 6) is 0.0650. The quantitative estimate of drug-likeness (QED) is 0.706. The molecule has 0 bridgehead atoms. The van der Waals surface area contributed by atoms with E-state index in [0.29, 0.717) is 11.5 Å². The van der Waals surface area contributed by atoms with Crippen LogP contribution in [0.1, 0.15) is 26.7 Å². The Bertz CT molecular complexity index is 485. The summed E-state index contributed by atoms with van der Waals surface area (Å²) in [6.07, 6.45) is 1.68. The Hall–Kier alpha value is -2.24. The fourth-order valence-corrected chi connectivity index (χ4v) is 1.82. The molecule has 1 amide bonds.